The second-order valence-electron chi connectivity index (χ2n) is 4.03. The number of rotatable bonds is 5. The number of benzene rings is 1. The Labute approximate surface area is 110 Å². The van der Waals surface area contributed by atoms with Crippen LogP contribution in [0.1, 0.15) is 23.0 Å². The fraction of sp³-hybridized carbons (Fsp3) is 0.214. The van der Waals surface area contributed by atoms with Gasteiger partial charge in [-0.2, -0.15) is 0 Å². The zero-order chi connectivity index (χ0) is 13.8. The minimum Gasteiger partial charge on any atom is -0.478 e. The monoisotopic (exact) mass is 263 g/mol. The summed E-state index contributed by atoms with van der Waals surface area (Å²) in [5.74, 6) is -1.07. The van der Waals surface area contributed by atoms with Crippen LogP contribution < -0.4 is 4.90 Å². The van der Waals surface area contributed by atoms with Crippen molar-refractivity contribution in [1.29, 1.82) is 0 Å². The first-order valence-electron chi connectivity index (χ1n) is 5.92. The summed E-state index contributed by atoms with van der Waals surface area (Å²) in [6.07, 6.45) is 1.33. The molecule has 2 aromatic rings. The molecule has 4 nitrogen and oxygen atoms in total. The average Bonchev–Trinajstić information content (AvgIpc) is 2.85. The Bertz CT molecular complexity index is 580. The van der Waals surface area contributed by atoms with Gasteiger partial charge in [-0.3, -0.25) is 0 Å². The van der Waals surface area contributed by atoms with Crippen LogP contribution in [0.2, 0.25) is 0 Å². The molecule has 5 heteroatoms. The highest BCUT2D eigenvalue weighted by Gasteiger charge is 2.17. The molecule has 0 unspecified atom stereocenters. The molecule has 2 rings (SSSR count). The van der Waals surface area contributed by atoms with Gasteiger partial charge in [-0.05, 0) is 25.1 Å². The molecule has 100 valence electrons. The van der Waals surface area contributed by atoms with Crippen LogP contribution in [0.3, 0.4) is 0 Å². The molecule has 19 heavy (non-hydrogen) atoms. The zero-order valence-corrected chi connectivity index (χ0v) is 10.5. The van der Waals surface area contributed by atoms with Gasteiger partial charge in [0.15, 0.2) is 0 Å². The van der Waals surface area contributed by atoms with Gasteiger partial charge in [0.2, 0.25) is 0 Å². The number of carboxylic acid groups (broad SMARTS) is 1. The van der Waals surface area contributed by atoms with Crippen LogP contribution in [0.15, 0.2) is 41.0 Å². The highest BCUT2D eigenvalue weighted by Crippen LogP contribution is 2.22. The molecule has 0 saturated heterocycles. The van der Waals surface area contributed by atoms with E-state index in [2.05, 4.69) is 0 Å². The maximum Gasteiger partial charge on any atom is 0.339 e. The first-order valence-corrected chi connectivity index (χ1v) is 5.92. The van der Waals surface area contributed by atoms with E-state index >= 15 is 0 Å². The summed E-state index contributed by atoms with van der Waals surface area (Å²) >= 11 is 0. The number of anilines is 1. The van der Waals surface area contributed by atoms with Crippen LogP contribution in [0.25, 0.3) is 0 Å². The van der Waals surface area contributed by atoms with Gasteiger partial charge in [0.25, 0.3) is 0 Å². The number of hydrogen-bond acceptors (Lipinski definition) is 3. The van der Waals surface area contributed by atoms with E-state index in [0.717, 1.165) is 0 Å². The molecule has 1 N–H and O–H groups in total. The first-order chi connectivity index (χ1) is 9.13. The summed E-state index contributed by atoms with van der Waals surface area (Å²) in [6, 6.07) is 7.77. The summed E-state index contributed by atoms with van der Waals surface area (Å²) in [7, 11) is 0. The number of carboxylic acids is 1. The molecular weight excluding hydrogens is 249 g/mol. The van der Waals surface area contributed by atoms with Crippen LogP contribution in [0.5, 0.6) is 0 Å². The zero-order valence-electron chi connectivity index (χ0n) is 10.5. The molecule has 0 aliphatic carbocycles. The number of furan rings is 1. The third-order valence-electron chi connectivity index (χ3n) is 2.89. The molecule has 0 spiro atoms. The Balaban J connectivity index is 2.27. The molecule has 0 aliphatic rings. The Morgan fingerprint density at radius 1 is 1.37 bits per heavy atom. The summed E-state index contributed by atoms with van der Waals surface area (Å²) < 4.78 is 18.9. The molecule has 0 aliphatic heterocycles. The Hall–Kier alpha value is -2.30. The van der Waals surface area contributed by atoms with Crippen LogP contribution in [0, 0.1) is 5.82 Å². The molecule has 0 radical (unpaired) electrons. The normalized spacial score (nSPS) is 10.4. The molecule has 0 atom stereocenters. The summed E-state index contributed by atoms with van der Waals surface area (Å²) in [4.78, 5) is 12.7. The third kappa shape index (κ3) is 2.76. The van der Waals surface area contributed by atoms with Crippen molar-refractivity contribution in [2.45, 2.75) is 13.5 Å². The average molecular weight is 263 g/mol. The third-order valence-corrected chi connectivity index (χ3v) is 2.89. The highest BCUT2D eigenvalue weighted by atomic mass is 19.1. The van der Waals surface area contributed by atoms with E-state index < -0.39 is 5.97 Å². The number of nitrogens with zero attached hydrogens (tertiary/aromatic N) is 1. The van der Waals surface area contributed by atoms with Gasteiger partial charge in [-0.25, -0.2) is 9.18 Å². The topological polar surface area (TPSA) is 53.7 Å². The largest absolute Gasteiger partial charge is 0.478 e. The maximum absolute atomic E-state index is 13.7. The standard InChI is InChI=1S/C14H14FNO3/c1-2-16(12-6-4-3-5-11(12)15)9-13-10(14(17)18)7-8-19-13/h3-8H,2,9H2,1H3,(H,17,18). The fourth-order valence-electron chi connectivity index (χ4n) is 1.90. The van der Waals surface area contributed by atoms with Gasteiger partial charge in [0.05, 0.1) is 18.5 Å². The number of halogens is 1. The van der Waals surface area contributed by atoms with E-state index in [-0.39, 0.29) is 17.9 Å². The summed E-state index contributed by atoms with van der Waals surface area (Å²) in [5, 5.41) is 9.01. The molecular formula is C14H14FNO3. The van der Waals surface area contributed by atoms with Crippen molar-refractivity contribution in [1.82, 2.24) is 0 Å². The van der Waals surface area contributed by atoms with Crippen molar-refractivity contribution >= 4 is 11.7 Å². The minimum absolute atomic E-state index is 0.106. The lowest BCUT2D eigenvalue weighted by molar-refractivity contribution is 0.0694. The van der Waals surface area contributed by atoms with E-state index in [0.29, 0.717) is 18.0 Å². The van der Waals surface area contributed by atoms with Crippen molar-refractivity contribution in [3.8, 4) is 0 Å². The fourth-order valence-corrected chi connectivity index (χ4v) is 1.90. The van der Waals surface area contributed by atoms with E-state index in [9.17, 15) is 9.18 Å². The lowest BCUT2D eigenvalue weighted by Gasteiger charge is -2.22. The lowest BCUT2D eigenvalue weighted by Crippen LogP contribution is -2.23. The van der Waals surface area contributed by atoms with E-state index in [4.69, 9.17) is 9.52 Å². The van der Waals surface area contributed by atoms with E-state index in [1.807, 2.05) is 6.92 Å². The maximum atomic E-state index is 13.7. The second-order valence-corrected chi connectivity index (χ2v) is 4.03. The van der Waals surface area contributed by atoms with E-state index in [1.54, 1.807) is 23.1 Å². The minimum atomic E-state index is -1.05. The Kier molecular flexibility index (Phi) is 3.85. The molecule has 1 aromatic heterocycles. The molecule has 0 saturated carbocycles. The first kappa shape index (κ1) is 13.1. The predicted molar refractivity (Wildman–Crippen MR) is 68.8 cm³/mol. The van der Waals surface area contributed by atoms with Gasteiger partial charge in [0, 0.05) is 6.54 Å². The number of aromatic carboxylic acids is 1. The number of para-hydroxylation sites is 1. The SMILES string of the molecule is CCN(Cc1occc1C(=O)O)c1ccccc1F. The second kappa shape index (κ2) is 5.56. The van der Waals surface area contributed by atoms with Crippen molar-refractivity contribution in [3.63, 3.8) is 0 Å². The van der Waals surface area contributed by atoms with Crippen molar-refractivity contribution < 1.29 is 18.7 Å². The van der Waals surface area contributed by atoms with Crippen molar-refractivity contribution in [3.05, 3.63) is 53.7 Å². The van der Waals surface area contributed by atoms with Crippen LogP contribution in [-0.2, 0) is 6.54 Å². The van der Waals surface area contributed by atoms with E-state index in [1.165, 1.54) is 18.4 Å². The smallest absolute Gasteiger partial charge is 0.339 e. The van der Waals surface area contributed by atoms with Crippen molar-refractivity contribution in [2.24, 2.45) is 0 Å². The summed E-state index contributed by atoms with van der Waals surface area (Å²) in [6.45, 7) is 2.63. The highest BCUT2D eigenvalue weighted by molar-refractivity contribution is 5.88. The van der Waals surface area contributed by atoms with Gasteiger partial charge < -0.3 is 14.4 Å². The lowest BCUT2D eigenvalue weighted by atomic mass is 10.2. The van der Waals surface area contributed by atoms with Gasteiger partial charge in [-0.1, -0.05) is 12.1 Å². The molecule has 1 heterocycles. The molecule has 0 amide bonds. The van der Waals surface area contributed by atoms with Crippen LogP contribution in [-0.4, -0.2) is 17.6 Å². The van der Waals surface area contributed by atoms with Crippen molar-refractivity contribution in [2.75, 3.05) is 11.4 Å². The number of carbonyl (C=O) groups is 1. The predicted octanol–water partition coefficient (Wildman–Crippen LogP) is 3.14. The quantitative estimate of drug-likeness (QED) is 0.900. The Morgan fingerprint density at radius 3 is 2.74 bits per heavy atom. The van der Waals surface area contributed by atoms with Crippen LogP contribution in [0.4, 0.5) is 10.1 Å². The molecule has 0 bridgehead atoms. The number of hydrogen-bond donors (Lipinski definition) is 1. The Morgan fingerprint density at radius 2 is 2.11 bits per heavy atom. The van der Waals surface area contributed by atoms with Gasteiger partial charge >= 0.3 is 5.97 Å². The van der Waals surface area contributed by atoms with Gasteiger partial charge in [-0.15, -0.1) is 0 Å². The summed E-state index contributed by atoms with van der Waals surface area (Å²) in [5.41, 5.74) is 0.535. The van der Waals surface area contributed by atoms with Gasteiger partial charge in [0.1, 0.15) is 17.1 Å². The molecule has 0 fully saturated rings. The van der Waals surface area contributed by atoms with Crippen LogP contribution >= 0.6 is 0 Å². The molecule has 1 aromatic carbocycles.